The van der Waals surface area contributed by atoms with E-state index in [1.54, 1.807) is 49.3 Å². The summed E-state index contributed by atoms with van der Waals surface area (Å²) in [4.78, 5) is 26.0. The zero-order valence-corrected chi connectivity index (χ0v) is 15.7. The number of aryl methyl sites for hydroxylation is 1. The number of carbonyl (C=O) groups excluding carboxylic acids is 2. The Hall–Kier alpha value is -2.93. The summed E-state index contributed by atoms with van der Waals surface area (Å²) < 4.78 is 18.9. The maximum atomic E-state index is 13.8. The summed E-state index contributed by atoms with van der Waals surface area (Å²) in [7, 11) is 1.57. The minimum Gasteiger partial charge on any atom is -0.497 e. The van der Waals surface area contributed by atoms with Crippen molar-refractivity contribution in [3.05, 3.63) is 53.8 Å². The van der Waals surface area contributed by atoms with Gasteiger partial charge in [-0.2, -0.15) is 0 Å². The lowest BCUT2D eigenvalue weighted by atomic mass is 10.2. The molecule has 0 unspecified atom stereocenters. The molecule has 0 saturated heterocycles. The first-order valence-corrected chi connectivity index (χ1v) is 8.63. The Labute approximate surface area is 158 Å². The largest absolute Gasteiger partial charge is 0.497 e. The first-order valence-electron chi connectivity index (χ1n) is 8.63. The van der Waals surface area contributed by atoms with Crippen LogP contribution in [0.25, 0.3) is 0 Å². The van der Waals surface area contributed by atoms with Gasteiger partial charge in [-0.05, 0) is 55.4 Å². The van der Waals surface area contributed by atoms with E-state index in [1.165, 1.54) is 12.1 Å². The van der Waals surface area contributed by atoms with Crippen molar-refractivity contribution in [1.82, 2.24) is 4.90 Å². The highest BCUT2D eigenvalue weighted by Crippen LogP contribution is 2.16. The van der Waals surface area contributed by atoms with Gasteiger partial charge in [0.2, 0.25) is 11.8 Å². The molecule has 0 aliphatic rings. The van der Waals surface area contributed by atoms with Gasteiger partial charge < -0.3 is 15.4 Å². The van der Waals surface area contributed by atoms with Crippen LogP contribution < -0.4 is 15.4 Å². The van der Waals surface area contributed by atoms with Gasteiger partial charge in [-0.1, -0.05) is 13.0 Å². The van der Waals surface area contributed by atoms with Crippen LogP contribution in [0.15, 0.2) is 42.5 Å². The highest BCUT2D eigenvalue weighted by molar-refractivity contribution is 5.94. The van der Waals surface area contributed by atoms with Gasteiger partial charge in [0.15, 0.2) is 0 Å². The lowest BCUT2D eigenvalue weighted by Crippen LogP contribution is -2.38. The Morgan fingerprint density at radius 1 is 1.04 bits per heavy atom. The third-order valence-electron chi connectivity index (χ3n) is 3.95. The predicted molar refractivity (Wildman–Crippen MR) is 104 cm³/mol. The normalized spacial score (nSPS) is 10.6. The van der Waals surface area contributed by atoms with Crippen molar-refractivity contribution in [1.29, 1.82) is 0 Å². The van der Waals surface area contributed by atoms with E-state index >= 15 is 0 Å². The van der Waals surface area contributed by atoms with Crippen molar-refractivity contribution < 1.29 is 18.7 Å². The summed E-state index contributed by atoms with van der Waals surface area (Å²) in [6, 6.07) is 11.6. The van der Waals surface area contributed by atoms with E-state index in [9.17, 15) is 14.0 Å². The van der Waals surface area contributed by atoms with Crippen LogP contribution in [0.5, 0.6) is 5.75 Å². The molecule has 7 heteroatoms. The number of amides is 2. The number of methoxy groups -OCH3 is 1. The van der Waals surface area contributed by atoms with Crippen LogP contribution in [-0.2, 0) is 9.59 Å². The van der Waals surface area contributed by atoms with E-state index in [-0.39, 0.29) is 30.6 Å². The van der Waals surface area contributed by atoms with E-state index in [2.05, 4.69) is 10.6 Å². The summed E-state index contributed by atoms with van der Waals surface area (Å²) in [5.74, 6) is -0.403. The molecule has 0 radical (unpaired) electrons. The highest BCUT2D eigenvalue weighted by Gasteiger charge is 2.14. The molecule has 2 amide bonds. The summed E-state index contributed by atoms with van der Waals surface area (Å²) in [6.07, 6.45) is 0. The monoisotopic (exact) mass is 373 g/mol. The Balaban J connectivity index is 1.87. The molecule has 0 fully saturated rings. The predicted octanol–water partition coefficient (Wildman–Crippen LogP) is 3.04. The maximum Gasteiger partial charge on any atom is 0.238 e. The van der Waals surface area contributed by atoms with Gasteiger partial charge in [0.25, 0.3) is 0 Å². The first kappa shape index (κ1) is 20.4. The summed E-state index contributed by atoms with van der Waals surface area (Å²) in [5, 5.41) is 5.31. The number of rotatable bonds is 8. The number of hydrogen-bond acceptors (Lipinski definition) is 4. The summed E-state index contributed by atoms with van der Waals surface area (Å²) in [5.41, 5.74) is 1.54. The second-order valence-corrected chi connectivity index (χ2v) is 6.11. The molecule has 2 N–H and O–H groups in total. The third kappa shape index (κ3) is 6.38. The van der Waals surface area contributed by atoms with Crippen LogP contribution >= 0.6 is 0 Å². The number of nitrogens with zero attached hydrogens (tertiary/aromatic N) is 1. The Bertz CT molecular complexity index is 794. The van der Waals surface area contributed by atoms with E-state index in [4.69, 9.17) is 4.74 Å². The van der Waals surface area contributed by atoms with Crippen molar-refractivity contribution in [2.75, 3.05) is 37.4 Å². The van der Waals surface area contributed by atoms with Crippen molar-refractivity contribution in [2.45, 2.75) is 13.8 Å². The quantitative estimate of drug-likeness (QED) is 0.746. The van der Waals surface area contributed by atoms with Gasteiger partial charge in [-0.25, -0.2) is 4.39 Å². The van der Waals surface area contributed by atoms with Crippen molar-refractivity contribution in [2.24, 2.45) is 0 Å². The van der Waals surface area contributed by atoms with Gasteiger partial charge >= 0.3 is 0 Å². The average Bonchev–Trinajstić information content (AvgIpc) is 2.64. The fourth-order valence-electron chi connectivity index (χ4n) is 2.47. The van der Waals surface area contributed by atoms with Crippen LogP contribution in [0.3, 0.4) is 0 Å². The van der Waals surface area contributed by atoms with Crippen molar-refractivity contribution in [3.63, 3.8) is 0 Å². The third-order valence-corrected chi connectivity index (χ3v) is 3.95. The number of ether oxygens (including phenoxy) is 1. The molecule has 2 rings (SSSR count). The second kappa shape index (κ2) is 9.68. The number of halogens is 1. The van der Waals surface area contributed by atoms with E-state index in [0.29, 0.717) is 18.0 Å². The number of anilines is 2. The molecule has 144 valence electrons. The van der Waals surface area contributed by atoms with Crippen LogP contribution in [0, 0.1) is 12.7 Å². The summed E-state index contributed by atoms with van der Waals surface area (Å²) in [6.45, 7) is 4.15. The Morgan fingerprint density at radius 2 is 1.67 bits per heavy atom. The summed E-state index contributed by atoms with van der Waals surface area (Å²) >= 11 is 0. The molecular weight excluding hydrogens is 349 g/mol. The maximum absolute atomic E-state index is 13.8. The van der Waals surface area contributed by atoms with Gasteiger partial charge in [0, 0.05) is 5.69 Å². The molecule has 0 saturated carbocycles. The van der Waals surface area contributed by atoms with Gasteiger partial charge in [-0.15, -0.1) is 0 Å². The minimum atomic E-state index is -0.483. The molecule has 2 aromatic rings. The Morgan fingerprint density at radius 3 is 2.22 bits per heavy atom. The molecule has 0 bridgehead atoms. The Kier molecular flexibility index (Phi) is 7.31. The van der Waals surface area contributed by atoms with Crippen LogP contribution in [0.2, 0.25) is 0 Å². The molecule has 0 atom stereocenters. The number of hydrogen-bond donors (Lipinski definition) is 2. The SMILES string of the molecule is CCN(CC(=O)Nc1ccc(OC)cc1)CC(=O)Nc1ccc(C)cc1F. The molecule has 0 aliphatic carbocycles. The number of nitrogens with one attached hydrogen (secondary N) is 2. The molecule has 2 aromatic carbocycles. The van der Waals surface area contributed by atoms with Crippen molar-refractivity contribution >= 4 is 23.2 Å². The van der Waals surface area contributed by atoms with Crippen molar-refractivity contribution in [3.8, 4) is 5.75 Å². The molecule has 0 spiro atoms. The highest BCUT2D eigenvalue weighted by atomic mass is 19.1. The molecule has 0 aliphatic heterocycles. The number of benzene rings is 2. The van der Waals surface area contributed by atoms with Crippen LogP contribution in [0.1, 0.15) is 12.5 Å². The van der Waals surface area contributed by atoms with E-state index in [0.717, 1.165) is 5.56 Å². The molecule has 0 heterocycles. The molecule has 6 nitrogen and oxygen atoms in total. The van der Waals surface area contributed by atoms with Gasteiger partial charge in [0.1, 0.15) is 11.6 Å². The average molecular weight is 373 g/mol. The second-order valence-electron chi connectivity index (χ2n) is 6.11. The van der Waals surface area contributed by atoms with Crippen LogP contribution in [-0.4, -0.2) is 43.5 Å². The fourth-order valence-corrected chi connectivity index (χ4v) is 2.47. The lowest BCUT2D eigenvalue weighted by molar-refractivity contribution is -0.119. The van der Waals surface area contributed by atoms with E-state index in [1.807, 2.05) is 6.92 Å². The fraction of sp³-hybridized carbons (Fsp3) is 0.300. The minimum absolute atomic E-state index is 0.0140. The topological polar surface area (TPSA) is 70.7 Å². The van der Waals surface area contributed by atoms with Crippen LogP contribution in [0.4, 0.5) is 15.8 Å². The lowest BCUT2D eigenvalue weighted by Gasteiger charge is -2.19. The standard InChI is InChI=1S/C20H24FN3O3/c1-4-24(12-19(25)22-15-6-8-16(27-3)9-7-15)13-20(26)23-18-10-5-14(2)11-17(18)21/h5-11H,4,12-13H2,1-3H3,(H,22,25)(H,23,26). The molecule has 0 aromatic heterocycles. The smallest absolute Gasteiger partial charge is 0.238 e. The number of carbonyl (C=O) groups is 2. The zero-order chi connectivity index (χ0) is 19.8. The molecular formula is C20H24FN3O3. The van der Waals surface area contributed by atoms with Gasteiger partial charge in [-0.3, -0.25) is 14.5 Å². The number of likely N-dealkylation sites (N-methyl/N-ethyl adjacent to an activating group) is 1. The van der Waals surface area contributed by atoms with E-state index < -0.39 is 5.82 Å². The first-order chi connectivity index (χ1) is 12.9. The van der Waals surface area contributed by atoms with Gasteiger partial charge in [0.05, 0.1) is 25.9 Å². The zero-order valence-electron chi connectivity index (χ0n) is 15.7. The molecule has 27 heavy (non-hydrogen) atoms.